The minimum absolute atomic E-state index is 0. The summed E-state index contributed by atoms with van der Waals surface area (Å²) >= 11 is 0. The maximum absolute atomic E-state index is 11.9. The van der Waals surface area contributed by atoms with Crippen molar-refractivity contribution in [2.75, 3.05) is 13.1 Å². The molecule has 0 radical (unpaired) electrons. The van der Waals surface area contributed by atoms with Gasteiger partial charge in [-0.15, -0.1) is 12.4 Å². The van der Waals surface area contributed by atoms with Crippen molar-refractivity contribution in [1.29, 1.82) is 0 Å². The Morgan fingerprint density at radius 1 is 1.47 bits per heavy atom. The quantitative estimate of drug-likeness (QED) is 0.868. The van der Waals surface area contributed by atoms with Crippen LogP contribution in [-0.4, -0.2) is 34.8 Å². The van der Waals surface area contributed by atoms with E-state index in [9.17, 15) is 4.79 Å². The van der Waals surface area contributed by atoms with Gasteiger partial charge in [-0.2, -0.15) is 5.10 Å². The van der Waals surface area contributed by atoms with E-state index in [-0.39, 0.29) is 29.9 Å². The lowest BCUT2D eigenvalue weighted by Gasteiger charge is -2.18. The van der Waals surface area contributed by atoms with Crippen molar-refractivity contribution in [2.24, 2.45) is 0 Å². The number of carbonyl (C=O) groups is 1. The molecule has 1 aromatic heterocycles. The fourth-order valence-corrected chi connectivity index (χ4v) is 1.58. The van der Waals surface area contributed by atoms with E-state index in [1.54, 1.807) is 17.1 Å². The standard InChI is InChI=1S/C13H24N4O.ClH/c1-6-14-10(2)7-15-12(18)11-8-16-17(9-11)13(3,4)5;/h8-10,14H,6-7H2,1-5H3,(H,15,18);1H/t10-;/m1./s1. The van der Waals surface area contributed by atoms with E-state index in [0.29, 0.717) is 12.1 Å². The highest BCUT2D eigenvalue weighted by atomic mass is 35.5. The van der Waals surface area contributed by atoms with Gasteiger partial charge in [-0.05, 0) is 34.2 Å². The monoisotopic (exact) mass is 288 g/mol. The molecule has 0 fully saturated rings. The molecular formula is C13H25ClN4O. The molecule has 0 unspecified atom stereocenters. The van der Waals surface area contributed by atoms with Crippen molar-refractivity contribution in [3.63, 3.8) is 0 Å². The van der Waals surface area contributed by atoms with E-state index in [4.69, 9.17) is 0 Å². The summed E-state index contributed by atoms with van der Waals surface area (Å²) in [4.78, 5) is 11.9. The van der Waals surface area contributed by atoms with E-state index in [1.165, 1.54) is 0 Å². The summed E-state index contributed by atoms with van der Waals surface area (Å²) in [6.07, 6.45) is 3.39. The van der Waals surface area contributed by atoms with Crippen LogP contribution in [-0.2, 0) is 5.54 Å². The van der Waals surface area contributed by atoms with Gasteiger partial charge >= 0.3 is 0 Å². The third-order valence-electron chi connectivity index (χ3n) is 2.65. The Bertz CT molecular complexity index is 398. The molecule has 6 heteroatoms. The van der Waals surface area contributed by atoms with Gasteiger partial charge in [0.2, 0.25) is 0 Å². The molecule has 1 heterocycles. The van der Waals surface area contributed by atoms with Crippen LogP contribution >= 0.6 is 12.4 Å². The second-order valence-electron chi connectivity index (χ2n) is 5.51. The molecule has 0 saturated carbocycles. The molecule has 0 aliphatic heterocycles. The molecule has 1 atom stereocenters. The van der Waals surface area contributed by atoms with Crippen LogP contribution in [0.25, 0.3) is 0 Å². The molecule has 1 amide bonds. The summed E-state index contributed by atoms with van der Waals surface area (Å²) in [5.74, 6) is -0.0738. The van der Waals surface area contributed by atoms with Gasteiger partial charge in [-0.1, -0.05) is 6.92 Å². The molecule has 5 nitrogen and oxygen atoms in total. The molecule has 0 aromatic carbocycles. The second-order valence-corrected chi connectivity index (χ2v) is 5.51. The van der Waals surface area contributed by atoms with Crippen LogP contribution in [0.15, 0.2) is 12.4 Å². The number of amides is 1. The minimum atomic E-state index is -0.102. The van der Waals surface area contributed by atoms with Crippen LogP contribution < -0.4 is 10.6 Å². The number of likely N-dealkylation sites (N-methyl/N-ethyl adjacent to an activating group) is 1. The first-order chi connectivity index (χ1) is 8.34. The summed E-state index contributed by atoms with van der Waals surface area (Å²) < 4.78 is 1.80. The van der Waals surface area contributed by atoms with Crippen molar-refractivity contribution in [3.8, 4) is 0 Å². The van der Waals surface area contributed by atoms with Gasteiger partial charge in [0, 0.05) is 18.8 Å². The Morgan fingerprint density at radius 2 is 2.11 bits per heavy atom. The van der Waals surface area contributed by atoms with Gasteiger partial charge in [0.1, 0.15) is 0 Å². The first-order valence-electron chi connectivity index (χ1n) is 6.41. The van der Waals surface area contributed by atoms with Crippen molar-refractivity contribution >= 4 is 18.3 Å². The van der Waals surface area contributed by atoms with Gasteiger partial charge in [0.05, 0.1) is 17.3 Å². The van der Waals surface area contributed by atoms with Gasteiger partial charge in [0.25, 0.3) is 5.91 Å². The van der Waals surface area contributed by atoms with Gasteiger partial charge in [-0.3, -0.25) is 9.48 Å². The highest BCUT2D eigenvalue weighted by Gasteiger charge is 2.16. The predicted octanol–water partition coefficient (Wildman–Crippen LogP) is 1.79. The van der Waals surface area contributed by atoms with Crippen LogP contribution in [0.5, 0.6) is 0 Å². The van der Waals surface area contributed by atoms with Crippen molar-refractivity contribution in [1.82, 2.24) is 20.4 Å². The molecule has 0 bridgehead atoms. The largest absolute Gasteiger partial charge is 0.350 e. The smallest absolute Gasteiger partial charge is 0.254 e. The lowest BCUT2D eigenvalue weighted by Crippen LogP contribution is -2.38. The number of hydrogen-bond acceptors (Lipinski definition) is 3. The number of aromatic nitrogens is 2. The predicted molar refractivity (Wildman–Crippen MR) is 79.9 cm³/mol. The van der Waals surface area contributed by atoms with E-state index in [0.717, 1.165) is 6.54 Å². The van der Waals surface area contributed by atoms with E-state index in [2.05, 4.69) is 36.5 Å². The van der Waals surface area contributed by atoms with Gasteiger partial charge < -0.3 is 10.6 Å². The molecule has 0 spiro atoms. The van der Waals surface area contributed by atoms with E-state index < -0.39 is 0 Å². The zero-order valence-electron chi connectivity index (χ0n) is 12.4. The number of carbonyl (C=O) groups excluding carboxylic acids is 1. The zero-order valence-corrected chi connectivity index (χ0v) is 13.2. The third-order valence-corrected chi connectivity index (χ3v) is 2.65. The lowest BCUT2D eigenvalue weighted by molar-refractivity contribution is 0.0950. The third kappa shape index (κ3) is 5.61. The molecule has 1 rings (SSSR count). The maximum atomic E-state index is 11.9. The summed E-state index contributed by atoms with van der Waals surface area (Å²) in [6, 6.07) is 0.275. The fourth-order valence-electron chi connectivity index (χ4n) is 1.58. The van der Waals surface area contributed by atoms with Crippen LogP contribution in [0, 0.1) is 0 Å². The normalized spacial score (nSPS) is 12.7. The second kappa shape index (κ2) is 7.50. The number of rotatable bonds is 5. The highest BCUT2D eigenvalue weighted by molar-refractivity contribution is 5.93. The van der Waals surface area contributed by atoms with E-state index >= 15 is 0 Å². The van der Waals surface area contributed by atoms with Crippen molar-refractivity contribution in [3.05, 3.63) is 18.0 Å². The van der Waals surface area contributed by atoms with Gasteiger partial charge in [-0.25, -0.2) is 0 Å². The molecule has 0 aliphatic rings. The summed E-state index contributed by atoms with van der Waals surface area (Å²) in [6.45, 7) is 11.8. The number of nitrogens with one attached hydrogen (secondary N) is 2. The molecule has 110 valence electrons. The molecule has 0 saturated heterocycles. The Kier molecular flexibility index (Phi) is 7.08. The average molecular weight is 289 g/mol. The van der Waals surface area contributed by atoms with Crippen molar-refractivity contribution in [2.45, 2.75) is 46.2 Å². The maximum Gasteiger partial charge on any atom is 0.254 e. The van der Waals surface area contributed by atoms with Gasteiger partial charge in [0.15, 0.2) is 0 Å². The molecule has 2 N–H and O–H groups in total. The molecule has 19 heavy (non-hydrogen) atoms. The molecule has 0 aliphatic carbocycles. The number of halogens is 1. The summed E-state index contributed by atoms with van der Waals surface area (Å²) in [7, 11) is 0. The Balaban J connectivity index is 0.00000324. The Labute approximate surface area is 121 Å². The Hall–Kier alpha value is -1.07. The fraction of sp³-hybridized carbons (Fsp3) is 0.692. The average Bonchev–Trinajstić information content (AvgIpc) is 2.75. The summed E-state index contributed by atoms with van der Waals surface area (Å²) in [5.41, 5.74) is 0.504. The van der Waals surface area contributed by atoms with Crippen LogP contribution in [0.2, 0.25) is 0 Å². The molecule has 1 aromatic rings. The molecular weight excluding hydrogens is 264 g/mol. The first kappa shape index (κ1) is 17.9. The lowest BCUT2D eigenvalue weighted by atomic mass is 10.1. The number of hydrogen-bond donors (Lipinski definition) is 2. The Morgan fingerprint density at radius 3 is 2.58 bits per heavy atom. The highest BCUT2D eigenvalue weighted by Crippen LogP contribution is 2.12. The first-order valence-corrected chi connectivity index (χ1v) is 6.41. The van der Waals surface area contributed by atoms with Crippen LogP contribution in [0.4, 0.5) is 0 Å². The van der Waals surface area contributed by atoms with Crippen LogP contribution in [0.3, 0.4) is 0 Å². The summed E-state index contributed by atoms with van der Waals surface area (Å²) in [5, 5.41) is 10.4. The van der Waals surface area contributed by atoms with Crippen molar-refractivity contribution < 1.29 is 4.79 Å². The minimum Gasteiger partial charge on any atom is -0.350 e. The van der Waals surface area contributed by atoms with Crippen LogP contribution in [0.1, 0.15) is 45.0 Å². The topological polar surface area (TPSA) is 58.9 Å². The van der Waals surface area contributed by atoms with E-state index in [1.807, 2.05) is 13.8 Å². The zero-order chi connectivity index (χ0) is 13.8. The number of nitrogens with zero attached hydrogens (tertiary/aromatic N) is 2. The SMILES string of the molecule is CCN[C@H](C)CNC(=O)c1cnn(C(C)(C)C)c1.Cl.